The van der Waals surface area contributed by atoms with E-state index in [4.69, 9.17) is 33.0 Å². The number of hydrogen-bond acceptors (Lipinski definition) is 5. The number of carbonyl (C=O) groups is 1. The Labute approximate surface area is 219 Å². The summed E-state index contributed by atoms with van der Waals surface area (Å²) in [7, 11) is 1.86. The fourth-order valence-electron chi connectivity index (χ4n) is 4.50. The lowest BCUT2D eigenvalue weighted by Crippen LogP contribution is -2.45. The molecule has 0 aromatic heterocycles. The van der Waals surface area contributed by atoms with E-state index in [0.717, 1.165) is 37.2 Å². The average Bonchev–Trinajstić information content (AvgIpc) is 3.23. The van der Waals surface area contributed by atoms with Crippen LogP contribution in [-0.4, -0.2) is 72.3 Å². The van der Waals surface area contributed by atoms with Gasteiger partial charge in [0.05, 0.1) is 29.1 Å². The number of ether oxygens (including phenoxy) is 1. The highest BCUT2D eigenvalue weighted by atomic mass is 35.5. The molecule has 2 atom stereocenters. The van der Waals surface area contributed by atoms with E-state index in [1.165, 1.54) is 0 Å². The van der Waals surface area contributed by atoms with Gasteiger partial charge in [-0.2, -0.15) is 0 Å². The van der Waals surface area contributed by atoms with Crippen LogP contribution < -0.4 is 10.1 Å². The molecule has 2 aromatic rings. The molecule has 1 saturated heterocycles. The molecule has 6 nitrogen and oxygen atoms in total. The molecule has 35 heavy (non-hydrogen) atoms. The van der Waals surface area contributed by atoms with Crippen LogP contribution in [0.25, 0.3) is 0 Å². The van der Waals surface area contributed by atoms with Crippen LogP contribution in [0.1, 0.15) is 44.4 Å². The number of nitrogens with zero attached hydrogens (tertiary/aromatic N) is 2. The Bertz CT molecular complexity index is 979. The van der Waals surface area contributed by atoms with Crippen LogP contribution >= 0.6 is 23.2 Å². The standard InChI is InChI=1S/C27H37Cl2N3O3/c1-27(2,3)30-21-11-12-32(17-21)18-25(20-6-8-22(9-7-20)35-14-13-33)31(4)26(34)16-19-5-10-23(28)24(29)15-19/h5-10,15,21,25,30,33H,11-14,16-18H2,1-4H3/t21-,25?/m0/s1. The Balaban J connectivity index is 1.76. The normalized spacial score (nSPS) is 17.4. The van der Waals surface area contributed by atoms with Gasteiger partial charge in [0.2, 0.25) is 5.91 Å². The second-order valence-electron chi connectivity index (χ2n) is 10.2. The van der Waals surface area contributed by atoms with Crippen molar-refractivity contribution in [3.8, 4) is 5.75 Å². The first-order valence-corrected chi connectivity index (χ1v) is 12.8. The van der Waals surface area contributed by atoms with Crippen molar-refractivity contribution in [2.24, 2.45) is 0 Å². The first-order valence-electron chi connectivity index (χ1n) is 12.1. The van der Waals surface area contributed by atoms with Gasteiger partial charge in [0, 0.05) is 31.7 Å². The van der Waals surface area contributed by atoms with Gasteiger partial charge in [0.15, 0.2) is 0 Å². The Morgan fingerprint density at radius 2 is 1.91 bits per heavy atom. The molecular weight excluding hydrogens is 485 g/mol. The number of hydrogen-bond donors (Lipinski definition) is 2. The molecular formula is C27H37Cl2N3O3. The monoisotopic (exact) mass is 521 g/mol. The van der Waals surface area contributed by atoms with Crippen molar-refractivity contribution in [3.63, 3.8) is 0 Å². The van der Waals surface area contributed by atoms with E-state index in [9.17, 15) is 4.79 Å². The van der Waals surface area contributed by atoms with Crippen LogP contribution in [0.2, 0.25) is 10.0 Å². The van der Waals surface area contributed by atoms with Crippen molar-refractivity contribution in [2.75, 3.05) is 39.9 Å². The molecule has 1 aliphatic heterocycles. The predicted octanol–water partition coefficient (Wildman–Crippen LogP) is 4.57. The number of rotatable bonds is 10. The summed E-state index contributed by atoms with van der Waals surface area (Å²) in [5, 5.41) is 13.6. The smallest absolute Gasteiger partial charge is 0.227 e. The number of aliphatic hydroxyl groups is 1. The largest absolute Gasteiger partial charge is 0.491 e. The van der Waals surface area contributed by atoms with Crippen LogP contribution in [0.3, 0.4) is 0 Å². The number of amides is 1. The maximum Gasteiger partial charge on any atom is 0.227 e. The van der Waals surface area contributed by atoms with Gasteiger partial charge >= 0.3 is 0 Å². The Kier molecular flexibility index (Phi) is 9.85. The van der Waals surface area contributed by atoms with Gasteiger partial charge in [0.25, 0.3) is 0 Å². The summed E-state index contributed by atoms with van der Waals surface area (Å²) in [5.74, 6) is 0.708. The van der Waals surface area contributed by atoms with Crippen molar-refractivity contribution < 1.29 is 14.6 Å². The summed E-state index contributed by atoms with van der Waals surface area (Å²) in [5.41, 5.74) is 1.94. The maximum atomic E-state index is 13.3. The molecule has 1 fully saturated rings. The van der Waals surface area contributed by atoms with Crippen LogP contribution in [0.5, 0.6) is 5.75 Å². The first-order chi connectivity index (χ1) is 16.6. The molecule has 192 valence electrons. The van der Waals surface area contributed by atoms with Gasteiger partial charge in [-0.3, -0.25) is 9.69 Å². The summed E-state index contributed by atoms with van der Waals surface area (Å²) in [4.78, 5) is 17.6. The number of likely N-dealkylation sites (tertiary alicyclic amines) is 1. The molecule has 0 aliphatic carbocycles. The number of benzene rings is 2. The molecule has 0 bridgehead atoms. The summed E-state index contributed by atoms with van der Waals surface area (Å²) < 4.78 is 5.52. The molecule has 2 aromatic carbocycles. The molecule has 0 saturated carbocycles. The fourth-order valence-corrected chi connectivity index (χ4v) is 4.82. The zero-order valence-corrected chi connectivity index (χ0v) is 22.6. The highest BCUT2D eigenvalue weighted by Crippen LogP contribution is 2.27. The lowest BCUT2D eigenvalue weighted by atomic mass is 10.0. The minimum absolute atomic E-state index is 0.0116. The van der Waals surface area contributed by atoms with Crippen molar-refractivity contribution in [1.29, 1.82) is 0 Å². The van der Waals surface area contributed by atoms with E-state index in [2.05, 4.69) is 31.0 Å². The fraction of sp³-hybridized carbons (Fsp3) is 0.519. The molecule has 8 heteroatoms. The van der Waals surface area contributed by atoms with E-state index in [1.54, 1.807) is 12.1 Å². The van der Waals surface area contributed by atoms with Gasteiger partial charge in [0.1, 0.15) is 12.4 Å². The van der Waals surface area contributed by atoms with Crippen LogP contribution in [0.15, 0.2) is 42.5 Å². The number of carbonyl (C=O) groups excluding carboxylic acids is 1. The third-order valence-corrected chi connectivity index (χ3v) is 6.90. The minimum atomic E-state index is -0.120. The second kappa shape index (κ2) is 12.4. The SMILES string of the molecule is CN(C(=O)Cc1ccc(Cl)c(Cl)c1)C(CN1CC[C@H](NC(C)(C)C)C1)c1ccc(OCCO)cc1. The Morgan fingerprint density at radius 3 is 2.54 bits per heavy atom. The van der Waals surface area contributed by atoms with E-state index >= 15 is 0 Å². The van der Waals surface area contributed by atoms with E-state index in [1.807, 2.05) is 42.3 Å². The number of halogens is 2. The van der Waals surface area contributed by atoms with E-state index < -0.39 is 0 Å². The van der Waals surface area contributed by atoms with Gasteiger partial charge < -0.3 is 20.1 Å². The summed E-state index contributed by atoms with van der Waals surface area (Å²) >= 11 is 12.2. The highest BCUT2D eigenvalue weighted by Gasteiger charge is 2.30. The van der Waals surface area contributed by atoms with E-state index in [-0.39, 0.29) is 37.1 Å². The van der Waals surface area contributed by atoms with E-state index in [0.29, 0.717) is 21.8 Å². The number of aliphatic hydroxyl groups excluding tert-OH is 1. The van der Waals surface area contributed by atoms with Gasteiger partial charge in [-0.1, -0.05) is 41.4 Å². The zero-order chi connectivity index (χ0) is 25.6. The second-order valence-corrected chi connectivity index (χ2v) is 11.0. The quantitative estimate of drug-likeness (QED) is 0.479. The number of nitrogens with one attached hydrogen (secondary N) is 1. The molecule has 0 radical (unpaired) electrons. The third kappa shape index (κ3) is 8.36. The molecule has 1 amide bonds. The lowest BCUT2D eigenvalue weighted by molar-refractivity contribution is -0.131. The maximum absolute atomic E-state index is 13.3. The Hall–Kier alpha value is -1.83. The van der Waals surface area contributed by atoms with Gasteiger partial charge in [-0.05, 0) is 69.1 Å². The predicted molar refractivity (Wildman–Crippen MR) is 142 cm³/mol. The molecule has 1 heterocycles. The topological polar surface area (TPSA) is 65.0 Å². The number of likely N-dealkylation sites (N-methyl/N-ethyl adjacent to an activating group) is 1. The van der Waals surface area contributed by atoms with Gasteiger partial charge in [-0.25, -0.2) is 0 Å². The van der Waals surface area contributed by atoms with Crippen molar-refractivity contribution in [3.05, 3.63) is 63.6 Å². The van der Waals surface area contributed by atoms with Crippen molar-refractivity contribution in [2.45, 2.75) is 51.2 Å². The molecule has 3 rings (SSSR count). The summed E-state index contributed by atoms with van der Waals surface area (Å²) in [6.45, 7) is 9.45. The van der Waals surface area contributed by atoms with Crippen molar-refractivity contribution in [1.82, 2.24) is 15.1 Å². The summed E-state index contributed by atoms with van der Waals surface area (Å²) in [6.07, 6.45) is 1.33. The van der Waals surface area contributed by atoms with Crippen LogP contribution in [0, 0.1) is 0 Å². The minimum Gasteiger partial charge on any atom is -0.491 e. The summed E-state index contributed by atoms with van der Waals surface area (Å²) in [6, 6.07) is 13.4. The average molecular weight is 523 g/mol. The molecule has 1 aliphatic rings. The molecule has 0 spiro atoms. The first kappa shape index (κ1) is 27.8. The highest BCUT2D eigenvalue weighted by molar-refractivity contribution is 6.42. The molecule has 1 unspecified atom stereocenters. The van der Waals surface area contributed by atoms with Crippen LogP contribution in [0.4, 0.5) is 0 Å². The zero-order valence-electron chi connectivity index (χ0n) is 21.1. The lowest BCUT2D eigenvalue weighted by Gasteiger charge is -2.33. The van der Waals surface area contributed by atoms with Gasteiger partial charge in [-0.15, -0.1) is 0 Å². The molecule has 2 N–H and O–H groups in total. The third-order valence-electron chi connectivity index (χ3n) is 6.17. The van der Waals surface area contributed by atoms with Crippen LogP contribution in [-0.2, 0) is 11.2 Å². The Morgan fingerprint density at radius 1 is 1.20 bits per heavy atom. The van der Waals surface area contributed by atoms with Crippen molar-refractivity contribution >= 4 is 29.1 Å².